The smallest absolute Gasteiger partial charge is 0.166 e. The van der Waals surface area contributed by atoms with Crippen molar-refractivity contribution in [2.24, 2.45) is 10.2 Å². The normalized spacial score (nSPS) is 10.8. The van der Waals surface area contributed by atoms with Crippen molar-refractivity contribution in [3.63, 3.8) is 0 Å². The first-order valence-corrected chi connectivity index (χ1v) is 7.63. The largest absolute Gasteiger partial charge is 0.504 e. The molecule has 0 unspecified atom stereocenters. The Hall–Kier alpha value is -3.06. The molecule has 25 heavy (non-hydrogen) atoms. The van der Waals surface area contributed by atoms with Gasteiger partial charge in [-0.1, -0.05) is 12.1 Å². The second-order valence-electron chi connectivity index (χ2n) is 4.74. The lowest BCUT2D eigenvalue weighted by Crippen LogP contribution is -1.94. The number of nitrogens with zero attached hydrogens (tertiary/aromatic N) is 2. The van der Waals surface area contributed by atoms with Gasteiger partial charge in [0.2, 0.25) is 0 Å². The van der Waals surface area contributed by atoms with E-state index < -0.39 is 0 Å². The molecule has 2 rings (SSSR count). The van der Waals surface area contributed by atoms with Gasteiger partial charge in [-0.05, 0) is 38.1 Å². The first-order valence-electron chi connectivity index (χ1n) is 7.63. The second kappa shape index (κ2) is 9.94. The molecule has 0 heterocycles. The Morgan fingerprint density at radius 2 is 1.20 bits per heavy atom. The van der Waals surface area contributed by atoms with Crippen LogP contribution in [-0.2, 0) is 0 Å². The highest BCUT2D eigenvalue weighted by Crippen LogP contribution is 2.29. The Balaban J connectivity index is 0.00000312. The summed E-state index contributed by atoms with van der Waals surface area (Å²) in [6, 6.07) is 10.3. The van der Waals surface area contributed by atoms with Crippen molar-refractivity contribution in [3.8, 4) is 23.0 Å². The summed E-state index contributed by atoms with van der Waals surface area (Å²) in [7, 11) is 0. The number of rotatable bonds is 7. The molecule has 7 nitrogen and oxygen atoms in total. The Kier molecular flexibility index (Phi) is 7.95. The van der Waals surface area contributed by atoms with Gasteiger partial charge in [-0.3, -0.25) is 0 Å². The molecule has 0 spiro atoms. The summed E-state index contributed by atoms with van der Waals surface area (Å²) >= 11 is 0. The lowest BCUT2D eigenvalue weighted by Gasteiger charge is -2.07. The minimum Gasteiger partial charge on any atom is -0.504 e. The highest BCUT2D eigenvalue weighted by atomic mass is 16.5. The Bertz CT molecular complexity index is 681. The van der Waals surface area contributed by atoms with E-state index in [1.54, 1.807) is 36.4 Å². The van der Waals surface area contributed by atoms with Gasteiger partial charge in [-0.15, -0.1) is 0 Å². The van der Waals surface area contributed by atoms with Crippen LogP contribution in [-0.4, -0.2) is 41.3 Å². The number of benzene rings is 2. The van der Waals surface area contributed by atoms with Gasteiger partial charge in [0.1, 0.15) is 0 Å². The van der Waals surface area contributed by atoms with Gasteiger partial charge in [0.05, 0.1) is 25.6 Å². The van der Waals surface area contributed by atoms with Gasteiger partial charge in [0, 0.05) is 11.1 Å². The first kappa shape index (κ1) is 20.0. The Morgan fingerprint density at radius 1 is 0.800 bits per heavy atom. The molecule has 0 fully saturated rings. The zero-order chi connectivity index (χ0) is 17.4. The molecule has 0 saturated carbocycles. The topological polar surface area (TPSA) is 115 Å². The summed E-state index contributed by atoms with van der Waals surface area (Å²) in [5.41, 5.74) is 0.982. The van der Waals surface area contributed by atoms with Crippen molar-refractivity contribution in [2.45, 2.75) is 13.8 Å². The molecule has 0 atom stereocenters. The molecule has 2 aromatic rings. The van der Waals surface area contributed by atoms with Crippen molar-refractivity contribution in [2.75, 3.05) is 13.2 Å². The van der Waals surface area contributed by atoms with E-state index in [2.05, 4.69) is 10.2 Å². The van der Waals surface area contributed by atoms with Crippen LogP contribution in [0.1, 0.15) is 25.0 Å². The summed E-state index contributed by atoms with van der Waals surface area (Å²) in [6.07, 6.45) is 2.83. The fourth-order valence-electron chi connectivity index (χ4n) is 2.02. The first-order chi connectivity index (χ1) is 11.7. The molecule has 7 heteroatoms. The molecule has 4 N–H and O–H groups in total. The van der Waals surface area contributed by atoms with Crippen molar-refractivity contribution >= 4 is 12.4 Å². The Labute approximate surface area is 146 Å². The molecule has 0 radical (unpaired) electrons. The number of aromatic hydroxyl groups is 2. The standard InChI is InChI=1S/C18H20N2O4.H2O/c1-3-23-15-9-5-7-13(17(15)21)11-19-20-12-14-8-6-10-16(18(14)22)24-4-2;/h5-12,21-22H,3-4H2,1-2H3;1H2/b19-11+,20-12+;. The summed E-state index contributed by atoms with van der Waals surface area (Å²) in [5, 5.41) is 27.9. The van der Waals surface area contributed by atoms with E-state index in [4.69, 9.17) is 9.47 Å². The monoisotopic (exact) mass is 346 g/mol. The third-order valence-electron chi connectivity index (χ3n) is 3.12. The predicted octanol–water partition coefficient (Wildman–Crippen LogP) is 2.52. The molecule has 0 aliphatic rings. The molecular weight excluding hydrogens is 324 g/mol. The van der Waals surface area contributed by atoms with Gasteiger partial charge < -0.3 is 25.2 Å². The molecule has 0 saturated heterocycles. The molecule has 0 bridgehead atoms. The SMILES string of the molecule is CCOc1cccc(/C=N/N=C/c2cccc(OCC)c2O)c1O.O. The lowest BCUT2D eigenvalue weighted by atomic mass is 10.2. The predicted molar refractivity (Wildman–Crippen MR) is 97.4 cm³/mol. The summed E-state index contributed by atoms with van der Waals surface area (Å²) in [6.45, 7) is 4.60. The molecule has 0 aliphatic carbocycles. The maximum Gasteiger partial charge on any atom is 0.166 e. The average molecular weight is 346 g/mol. The zero-order valence-corrected chi connectivity index (χ0v) is 14.1. The van der Waals surface area contributed by atoms with Crippen LogP contribution in [0.3, 0.4) is 0 Å². The summed E-state index contributed by atoms with van der Waals surface area (Å²) in [5.74, 6) is 0.818. The molecule has 0 aromatic heterocycles. The number of para-hydroxylation sites is 2. The van der Waals surface area contributed by atoms with Crippen molar-refractivity contribution < 1.29 is 25.2 Å². The second-order valence-corrected chi connectivity index (χ2v) is 4.74. The average Bonchev–Trinajstić information content (AvgIpc) is 2.58. The summed E-state index contributed by atoms with van der Waals surface area (Å²) < 4.78 is 10.6. The van der Waals surface area contributed by atoms with Crippen LogP contribution in [0.25, 0.3) is 0 Å². The van der Waals surface area contributed by atoms with Crippen molar-refractivity contribution in [1.82, 2.24) is 0 Å². The van der Waals surface area contributed by atoms with E-state index in [0.29, 0.717) is 35.8 Å². The fourth-order valence-corrected chi connectivity index (χ4v) is 2.02. The van der Waals surface area contributed by atoms with E-state index in [-0.39, 0.29) is 17.0 Å². The molecule has 2 aromatic carbocycles. The van der Waals surface area contributed by atoms with E-state index in [1.807, 2.05) is 13.8 Å². The van der Waals surface area contributed by atoms with E-state index in [1.165, 1.54) is 12.4 Å². The third kappa shape index (κ3) is 5.22. The molecule has 0 aliphatic heterocycles. The number of hydrogen-bond donors (Lipinski definition) is 2. The van der Waals surface area contributed by atoms with Gasteiger partial charge in [0.15, 0.2) is 23.0 Å². The van der Waals surface area contributed by atoms with Crippen LogP contribution in [0.5, 0.6) is 23.0 Å². The highest BCUT2D eigenvalue weighted by Gasteiger charge is 2.06. The summed E-state index contributed by atoms with van der Waals surface area (Å²) in [4.78, 5) is 0. The molecule has 134 valence electrons. The Morgan fingerprint density at radius 3 is 1.56 bits per heavy atom. The van der Waals surface area contributed by atoms with Gasteiger partial charge in [-0.25, -0.2) is 0 Å². The van der Waals surface area contributed by atoms with Crippen LogP contribution in [0.15, 0.2) is 46.6 Å². The van der Waals surface area contributed by atoms with Gasteiger partial charge in [0.25, 0.3) is 0 Å². The van der Waals surface area contributed by atoms with E-state index in [9.17, 15) is 10.2 Å². The quantitative estimate of drug-likeness (QED) is 0.592. The fraction of sp³-hybridized carbons (Fsp3) is 0.222. The third-order valence-corrected chi connectivity index (χ3v) is 3.12. The van der Waals surface area contributed by atoms with E-state index in [0.717, 1.165) is 0 Å². The van der Waals surface area contributed by atoms with Gasteiger partial charge in [-0.2, -0.15) is 10.2 Å². The van der Waals surface area contributed by atoms with Crippen LogP contribution in [0.4, 0.5) is 0 Å². The maximum absolute atomic E-state index is 10.1. The van der Waals surface area contributed by atoms with Crippen LogP contribution < -0.4 is 9.47 Å². The number of phenolic OH excluding ortho intramolecular Hbond substituents is 2. The van der Waals surface area contributed by atoms with E-state index >= 15 is 0 Å². The number of hydrogen-bond acceptors (Lipinski definition) is 6. The lowest BCUT2D eigenvalue weighted by molar-refractivity contribution is 0.318. The van der Waals surface area contributed by atoms with Gasteiger partial charge >= 0.3 is 0 Å². The number of phenols is 2. The maximum atomic E-state index is 10.1. The van der Waals surface area contributed by atoms with Crippen LogP contribution in [0.2, 0.25) is 0 Å². The molecule has 0 amide bonds. The minimum atomic E-state index is 0. The zero-order valence-electron chi connectivity index (χ0n) is 14.1. The van der Waals surface area contributed by atoms with Crippen LogP contribution in [0, 0.1) is 0 Å². The highest BCUT2D eigenvalue weighted by molar-refractivity contribution is 5.87. The van der Waals surface area contributed by atoms with Crippen molar-refractivity contribution in [1.29, 1.82) is 0 Å². The van der Waals surface area contributed by atoms with Crippen LogP contribution >= 0.6 is 0 Å². The number of ether oxygens (including phenoxy) is 2. The minimum absolute atomic E-state index is 0. The molecular formula is C18H22N2O5. The van der Waals surface area contributed by atoms with Crippen molar-refractivity contribution in [3.05, 3.63) is 47.5 Å².